The molecule has 1 aromatic heterocycles. The fourth-order valence-corrected chi connectivity index (χ4v) is 2.49. The standard InChI is InChI=1S/C15H23N3O/c1-5-10(2)8-12(16)11-6-7-13-14(9-11)18(4)15(19)17(13)3/h6-7,9-10,12H,5,8,16H2,1-4H3. The molecule has 104 valence electrons. The Morgan fingerprint density at radius 1 is 1.21 bits per heavy atom. The van der Waals surface area contributed by atoms with Crippen molar-refractivity contribution in [3.63, 3.8) is 0 Å². The van der Waals surface area contributed by atoms with Gasteiger partial charge in [0, 0.05) is 20.1 Å². The summed E-state index contributed by atoms with van der Waals surface area (Å²) >= 11 is 0. The molecule has 0 bridgehead atoms. The summed E-state index contributed by atoms with van der Waals surface area (Å²) < 4.78 is 3.34. The Hall–Kier alpha value is -1.55. The maximum absolute atomic E-state index is 11.9. The number of benzene rings is 1. The molecule has 2 rings (SSSR count). The number of aromatic nitrogens is 2. The van der Waals surface area contributed by atoms with Crippen LogP contribution in [0.3, 0.4) is 0 Å². The highest BCUT2D eigenvalue weighted by molar-refractivity contribution is 5.77. The molecule has 2 aromatic rings. The quantitative estimate of drug-likeness (QED) is 0.918. The molecule has 0 saturated heterocycles. The summed E-state index contributed by atoms with van der Waals surface area (Å²) in [6.07, 6.45) is 2.11. The third kappa shape index (κ3) is 2.45. The average molecular weight is 261 g/mol. The third-order valence-electron chi connectivity index (χ3n) is 4.08. The first-order chi connectivity index (χ1) is 8.95. The zero-order valence-corrected chi connectivity index (χ0v) is 12.2. The minimum absolute atomic E-state index is 0.00245. The van der Waals surface area contributed by atoms with Gasteiger partial charge in [0.1, 0.15) is 0 Å². The van der Waals surface area contributed by atoms with Gasteiger partial charge in [-0.05, 0) is 30.0 Å². The number of nitrogens with two attached hydrogens (primary N) is 1. The van der Waals surface area contributed by atoms with E-state index in [0.29, 0.717) is 5.92 Å². The molecule has 2 atom stereocenters. The van der Waals surface area contributed by atoms with Crippen molar-refractivity contribution in [2.75, 3.05) is 0 Å². The predicted molar refractivity (Wildman–Crippen MR) is 79.2 cm³/mol. The van der Waals surface area contributed by atoms with Crippen LogP contribution in [0.1, 0.15) is 38.3 Å². The van der Waals surface area contributed by atoms with E-state index in [9.17, 15) is 4.79 Å². The van der Waals surface area contributed by atoms with Crippen LogP contribution < -0.4 is 11.4 Å². The van der Waals surface area contributed by atoms with Gasteiger partial charge in [-0.25, -0.2) is 4.79 Å². The Balaban J connectivity index is 2.42. The zero-order chi connectivity index (χ0) is 14.2. The van der Waals surface area contributed by atoms with Crippen LogP contribution in [0.5, 0.6) is 0 Å². The van der Waals surface area contributed by atoms with Gasteiger partial charge in [-0.1, -0.05) is 26.3 Å². The van der Waals surface area contributed by atoms with Crippen LogP contribution in [0.15, 0.2) is 23.0 Å². The second kappa shape index (κ2) is 5.21. The number of imidazole rings is 1. The van der Waals surface area contributed by atoms with Crippen LogP contribution in [0, 0.1) is 5.92 Å². The average Bonchev–Trinajstić information content (AvgIpc) is 2.63. The minimum atomic E-state index is 0.00245. The Bertz CT molecular complexity index is 639. The lowest BCUT2D eigenvalue weighted by atomic mass is 9.95. The van der Waals surface area contributed by atoms with Gasteiger partial charge in [0.2, 0.25) is 0 Å². The van der Waals surface area contributed by atoms with Crippen LogP contribution in [0.25, 0.3) is 11.0 Å². The molecular formula is C15H23N3O. The van der Waals surface area contributed by atoms with Gasteiger partial charge in [0.15, 0.2) is 0 Å². The van der Waals surface area contributed by atoms with Gasteiger partial charge in [0.05, 0.1) is 11.0 Å². The SMILES string of the molecule is CCC(C)CC(N)c1ccc2c(c1)n(C)c(=O)n2C. The molecule has 2 N–H and O–H groups in total. The van der Waals surface area contributed by atoms with Crippen molar-refractivity contribution in [2.45, 2.75) is 32.7 Å². The predicted octanol–water partition coefficient (Wildman–Crippen LogP) is 2.31. The monoisotopic (exact) mass is 261 g/mol. The second-order valence-corrected chi connectivity index (χ2v) is 5.50. The summed E-state index contributed by atoms with van der Waals surface area (Å²) in [5, 5.41) is 0. The summed E-state index contributed by atoms with van der Waals surface area (Å²) in [5.74, 6) is 0.616. The Morgan fingerprint density at radius 3 is 2.47 bits per heavy atom. The first-order valence-corrected chi connectivity index (χ1v) is 6.86. The van der Waals surface area contributed by atoms with Crippen LogP contribution in [0.4, 0.5) is 0 Å². The van der Waals surface area contributed by atoms with E-state index in [0.717, 1.165) is 29.4 Å². The van der Waals surface area contributed by atoms with Crippen LogP contribution in [-0.2, 0) is 14.1 Å². The molecule has 0 fully saturated rings. The first-order valence-electron chi connectivity index (χ1n) is 6.86. The number of hydrogen-bond acceptors (Lipinski definition) is 2. The molecule has 19 heavy (non-hydrogen) atoms. The molecule has 0 radical (unpaired) electrons. The third-order valence-corrected chi connectivity index (χ3v) is 4.08. The van der Waals surface area contributed by atoms with Gasteiger partial charge in [-0.2, -0.15) is 0 Å². The van der Waals surface area contributed by atoms with Crippen molar-refractivity contribution in [2.24, 2.45) is 25.7 Å². The normalized spacial score (nSPS) is 14.8. The lowest BCUT2D eigenvalue weighted by Crippen LogP contribution is -2.19. The molecule has 1 heterocycles. The highest BCUT2D eigenvalue weighted by Gasteiger charge is 2.13. The molecule has 1 aromatic carbocycles. The van der Waals surface area contributed by atoms with E-state index in [1.807, 2.05) is 18.2 Å². The topological polar surface area (TPSA) is 52.9 Å². The van der Waals surface area contributed by atoms with Crippen LogP contribution in [0.2, 0.25) is 0 Å². The maximum atomic E-state index is 11.9. The largest absolute Gasteiger partial charge is 0.328 e. The molecule has 0 aliphatic carbocycles. The zero-order valence-electron chi connectivity index (χ0n) is 12.2. The maximum Gasteiger partial charge on any atom is 0.328 e. The van der Waals surface area contributed by atoms with E-state index in [-0.39, 0.29) is 11.7 Å². The van der Waals surface area contributed by atoms with E-state index in [1.54, 1.807) is 23.2 Å². The van der Waals surface area contributed by atoms with Crippen molar-refractivity contribution in [3.8, 4) is 0 Å². The fourth-order valence-electron chi connectivity index (χ4n) is 2.49. The molecule has 2 unspecified atom stereocenters. The number of aryl methyl sites for hydroxylation is 2. The summed E-state index contributed by atoms with van der Waals surface area (Å²) in [6.45, 7) is 4.40. The van der Waals surface area contributed by atoms with Crippen molar-refractivity contribution >= 4 is 11.0 Å². The summed E-state index contributed by atoms with van der Waals surface area (Å²) in [6, 6.07) is 6.11. The minimum Gasteiger partial charge on any atom is -0.324 e. The van der Waals surface area contributed by atoms with Gasteiger partial charge in [0.25, 0.3) is 0 Å². The smallest absolute Gasteiger partial charge is 0.324 e. The lowest BCUT2D eigenvalue weighted by molar-refractivity contribution is 0.461. The van der Waals surface area contributed by atoms with Crippen molar-refractivity contribution in [3.05, 3.63) is 34.2 Å². The molecule has 4 nitrogen and oxygen atoms in total. The second-order valence-electron chi connectivity index (χ2n) is 5.50. The van der Waals surface area contributed by atoms with Gasteiger partial charge >= 0.3 is 5.69 Å². The van der Waals surface area contributed by atoms with E-state index in [1.165, 1.54) is 0 Å². The van der Waals surface area contributed by atoms with Gasteiger partial charge < -0.3 is 5.73 Å². The molecular weight excluding hydrogens is 238 g/mol. The molecule has 4 heteroatoms. The number of hydrogen-bond donors (Lipinski definition) is 1. The Morgan fingerprint density at radius 2 is 1.84 bits per heavy atom. The van der Waals surface area contributed by atoms with Gasteiger partial charge in [-0.15, -0.1) is 0 Å². The van der Waals surface area contributed by atoms with Crippen molar-refractivity contribution in [1.29, 1.82) is 0 Å². The molecule has 0 aliphatic heterocycles. The van der Waals surface area contributed by atoms with E-state index < -0.39 is 0 Å². The van der Waals surface area contributed by atoms with E-state index in [2.05, 4.69) is 13.8 Å². The number of fused-ring (bicyclic) bond motifs is 1. The van der Waals surface area contributed by atoms with Gasteiger partial charge in [-0.3, -0.25) is 9.13 Å². The fraction of sp³-hybridized carbons (Fsp3) is 0.533. The van der Waals surface area contributed by atoms with Crippen molar-refractivity contribution < 1.29 is 0 Å². The lowest BCUT2D eigenvalue weighted by Gasteiger charge is -2.16. The van der Waals surface area contributed by atoms with E-state index >= 15 is 0 Å². The Kier molecular flexibility index (Phi) is 3.80. The first kappa shape index (κ1) is 13.9. The highest BCUT2D eigenvalue weighted by atomic mass is 16.1. The Labute approximate surface area is 113 Å². The summed E-state index contributed by atoms with van der Waals surface area (Å²) in [4.78, 5) is 11.9. The van der Waals surface area contributed by atoms with Crippen LogP contribution in [-0.4, -0.2) is 9.13 Å². The molecule has 0 amide bonds. The van der Waals surface area contributed by atoms with Crippen molar-refractivity contribution in [1.82, 2.24) is 9.13 Å². The van der Waals surface area contributed by atoms with Crippen LogP contribution >= 0.6 is 0 Å². The molecule has 0 spiro atoms. The van der Waals surface area contributed by atoms with E-state index in [4.69, 9.17) is 5.73 Å². The number of nitrogens with zero attached hydrogens (tertiary/aromatic N) is 2. The summed E-state index contributed by atoms with van der Waals surface area (Å²) in [5.41, 5.74) is 9.27. The molecule has 0 aliphatic rings. The number of rotatable bonds is 4. The molecule has 0 saturated carbocycles. The highest BCUT2D eigenvalue weighted by Crippen LogP contribution is 2.23. The summed E-state index contributed by atoms with van der Waals surface area (Å²) in [7, 11) is 3.60.